The molecule has 0 amide bonds. The maximum atomic E-state index is 14.3. The lowest BCUT2D eigenvalue weighted by Gasteiger charge is -2.60. The average Bonchev–Trinajstić information content (AvgIpc) is 3.36. The number of fused-ring (bicyclic) bond motifs is 5. The molecule has 5 heteroatoms. The molecule has 4 nitrogen and oxygen atoms in total. The monoisotopic (exact) mass is 638 g/mol. The summed E-state index contributed by atoms with van der Waals surface area (Å²) in [5.74, 6) is 2.72. The number of hydrogen-bond donors (Lipinski definition) is 2. The van der Waals surface area contributed by atoms with Gasteiger partial charge < -0.3 is 10.2 Å². The maximum Gasteiger partial charge on any atom is 0.181 e. The van der Waals surface area contributed by atoms with E-state index < -0.39 is 26.3 Å². The van der Waals surface area contributed by atoms with E-state index in [9.17, 15) is 18.6 Å². The molecule has 1 aromatic carbocycles. The summed E-state index contributed by atoms with van der Waals surface area (Å²) in [6.45, 7) is 14.1. The second kappa shape index (κ2) is 11.8. The zero-order valence-electron chi connectivity index (χ0n) is 29.2. The lowest BCUT2D eigenvalue weighted by atomic mass is 9.44. The molecule has 5 aliphatic rings. The van der Waals surface area contributed by atoms with Crippen LogP contribution in [0.1, 0.15) is 138 Å². The van der Waals surface area contributed by atoms with Crippen LogP contribution in [0.2, 0.25) is 0 Å². The molecule has 0 saturated heterocycles. The van der Waals surface area contributed by atoms with E-state index >= 15 is 0 Å². The largest absolute Gasteiger partial charge is 0.390 e. The SMILES string of the molecule is CC[C@]1(O)CC[C@H]2C(=CC[C@H]3[C@@H]4CC[C@H]([C@H](C)CC(CC5(O)CCC(C)(C)CC5)S(=O)(=O)c5ccccc5)[C@@]4(C)CC[C@]23C)C1. The van der Waals surface area contributed by atoms with E-state index in [1.54, 1.807) is 12.1 Å². The van der Waals surface area contributed by atoms with Crippen molar-refractivity contribution >= 4 is 9.84 Å². The summed E-state index contributed by atoms with van der Waals surface area (Å²) < 4.78 is 28.6. The van der Waals surface area contributed by atoms with Gasteiger partial charge in [0.15, 0.2) is 9.84 Å². The number of benzene rings is 1. The van der Waals surface area contributed by atoms with Crippen LogP contribution in [0.4, 0.5) is 0 Å². The first-order valence-corrected chi connectivity index (χ1v) is 20.0. The van der Waals surface area contributed by atoms with E-state index in [4.69, 9.17) is 0 Å². The smallest absolute Gasteiger partial charge is 0.181 e. The van der Waals surface area contributed by atoms with Crippen molar-refractivity contribution in [3.8, 4) is 0 Å². The number of sulfone groups is 1. The highest BCUT2D eigenvalue weighted by molar-refractivity contribution is 7.92. The Bertz CT molecular complexity index is 1360. The van der Waals surface area contributed by atoms with Gasteiger partial charge in [-0.25, -0.2) is 8.42 Å². The lowest BCUT2D eigenvalue weighted by molar-refractivity contribution is -0.0935. The minimum absolute atomic E-state index is 0.209. The third kappa shape index (κ3) is 6.03. The summed E-state index contributed by atoms with van der Waals surface area (Å²) >= 11 is 0. The number of aliphatic hydroxyl groups is 2. The second-order valence-electron chi connectivity index (χ2n) is 18.1. The van der Waals surface area contributed by atoms with E-state index in [0.29, 0.717) is 59.7 Å². The summed E-state index contributed by atoms with van der Waals surface area (Å²) in [7, 11) is -3.58. The zero-order valence-corrected chi connectivity index (χ0v) is 30.0. The van der Waals surface area contributed by atoms with Crippen LogP contribution in [-0.2, 0) is 9.84 Å². The molecule has 4 saturated carbocycles. The minimum Gasteiger partial charge on any atom is -0.390 e. The molecule has 0 bridgehead atoms. The van der Waals surface area contributed by atoms with E-state index in [-0.39, 0.29) is 16.7 Å². The standard InChI is InChI=1S/C40H62O4S/c1-7-39(41)18-17-33-29(26-39)13-14-34-35-16-15-32(37(35,5)21-22-38(33,34)6)28(2)25-31(45(43,44)30-11-9-8-10-12-30)27-40(42)23-19-36(3,4)20-24-40/h8-13,28,31-35,41-42H,7,14-27H2,1-6H3/t28-,31?,32-,33+,34+,35+,37-,38-,39+/m1/s1. The van der Waals surface area contributed by atoms with Gasteiger partial charge in [-0.05, 0) is 154 Å². The van der Waals surface area contributed by atoms with Crippen LogP contribution in [0, 0.1) is 45.8 Å². The van der Waals surface area contributed by atoms with Crippen molar-refractivity contribution in [2.45, 2.75) is 159 Å². The fraction of sp³-hybridized carbons (Fsp3) is 0.800. The molecule has 9 atom stereocenters. The van der Waals surface area contributed by atoms with Crippen molar-refractivity contribution in [1.82, 2.24) is 0 Å². The van der Waals surface area contributed by atoms with Crippen molar-refractivity contribution in [1.29, 1.82) is 0 Å². The van der Waals surface area contributed by atoms with Crippen LogP contribution in [0.3, 0.4) is 0 Å². The van der Waals surface area contributed by atoms with Crippen LogP contribution in [0.25, 0.3) is 0 Å². The van der Waals surface area contributed by atoms with Crippen molar-refractivity contribution in [2.24, 2.45) is 45.8 Å². The van der Waals surface area contributed by atoms with Crippen molar-refractivity contribution in [3.05, 3.63) is 42.0 Å². The molecule has 0 heterocycles. The predicted molar refractivity (Wildman–Crippen MR) is 183 cm³/mol. The Morgan fingerprint density at radius 1 is 0.822 bits per heavy atom. The summed E-state index contributed by atoms with van der Waals surface area (Å²) in [6.07, 6.45) is 16.5. The molecule has 4 fully saturated rings. The summed E-state index contributed by atoms with van der Waals surface area (Å²) in [4.78, 5) is 0.401. The van der Waals surface area contributed by atoms with Gasteiger partial charge in [-0.1, -0.05) is 71.4 Å². The summed E-state index contributed by atoms with van der Waals surface area (Å²) in [5.41, 5.74) is 0.848. The Morgan fingerprint density at radius 3 is 2.16 bits per heavy atom. The number of rotatable bonds is 8. The van der Waals surface area contributed by atoms with Crippen LogP contribution < -0.4 is 0 Å². The van der Waals surface area contributed by atoms with Crippen LogP contribution in [0.5, 0.6) is 0 Å². The molecule has 1 aromatic rings. The Morgan fingerprint density at radius 2 is 1.49 bits per heavy atom. The van der Waals surface area contributed by atoms with Crippen molar-refractivity contribution in [2.75, 3.05) is 0 Å². The Hall–Kier alpha value is -1.17. The van der Waals surface area contributed by atoms with E-state index in [2.05, 4.69) is 47.6 Å². The van der Waals surface area contributed by atoms with Gasteiger partial charge in [-0.2, -0.15) is 0 Å². The number of allylic oxidation sites excluding steroid dienone is 1. The third-order valence-corrected chi connectivity index (χ3v) is 17.1. The van der Waals surface area contributed by atoms with Gasteiger partial charge in [-0.3, -0.25) is 0 Å². The minimum atomic E-state index is -3.58. The Kier molecular flexibility index (Phi) is 8.81. The van der Waals surface area contributed by atoms with Gasteiger partial charge in [0.2, 0.25) is 0 Å². The van der Waals surface area contributed by atoms with Crippen LogP contribution in [-0.4, -0.2) is 35.1 Å². The molecule has 0 aromatic heterocycles. The molecule has 252 valence electrons. The fourth-order valence-electron chi connectivity index (χ4n) is 11.8. The third-order valence-electron chi connectivity index (χ3n) is 15.0. The van der Waals surface area contributed by atoms with Crippen molar-refractivity contribution in [3.63, 3.8) is 0 Å². The van der Waals surface area contributed by atoms with E-state index in [0.717, 1.165) is 44.9 Å². The molecule has 0 aliphatic heterocycles. The molecule has 0 spiro atoms. The molecule has 0 radical (unpaired) electrons. The van der Waals surface area contributed by atoms with Gasteiger partial charge in [0.1, 0.15) is 0 Å². The molecule has 2 N–H and O–H groups in total. The summed E-state index contributed by atoms with van der Waals surface area (Å²) in [6, 6.07) is 9.02. The van der Waals surface area contributed by atoms with Crippen molar-refractivity contribution < 1.29 is 18.6 Å². The van der Waals surface area contributed by atoms with Gasteiger partial charge in [0.05, 0.1) is 21.3 Å². The van der Waals surface area contributed by atoms with Gasteiger partial charge in [0, 0.05) is 0 Å². The highest BCUT2D eigenvalue weighted by Gasteiger charge is 2.61. The highest BCUT2D eigenvalue weighted by Crippen LogP contribution is 2.69. The van der Waals surface area contributed by atoms with Crippen LogP contribution >= 0.6 is 0 Å². The molecule has 5 aliphatic carbocycles. The first-order valence-electron chi connectivity index (χ1n) is 18.5. The molecular formula is C40H62O4S. The number of hydrogen-bond acceptors (Lipinski definition) is 4. The van der Waals surface area contributed by atoms with Gasteiger partial charge in [0.25, 0.3) is 0 Å². The zero-order chi connectivity index (χ0) is 32.5. The first-order chi connectivity index (χ1) is 21.0. The van der Waals surface area contributed by atoms with Crippen LogP contribution in [0.15, 0.2) is 46.9 Å². The second-order valence-corrected chi connectivity index (χ2v) is 20.3. The lowest BCUT2D eigenvalue weighted by Crippen LogP contribution is -2.53. The maximum absolute atomic E-state index is 14.3. The molecule has 45 heavy (non-hydrogen) atoms. The fourth-order valence-corrected chi connectivity index (χ4v) is 13.8. The highest BCUT2D eigenvalue weighted by atomic mass is 32.2. The summed E-state index contributed by atoms with van der Waals surface area (Å²) in [5, 5.41) is 22.4. The predicted octanol–water partition coefficient (Wildman–Crippen LogP) is 9.30. The molecule has 6 rings (SSSR count). The average molecular weight is 639 g/mol. The van der Waals surface area contributed by atoms with Gasteiger partial charge in [-0.15, -0.1) is 0 Å². The quantitative estimate of drug-likeness (QED) is 0.278. The van der Waals surface area contributed by atoms with E-state index in [1.807, 2.05) is 18.2 Å². The van der Waals surface area contributed by atoms with Gasteiger partial charge >= 0.3 is 0 Å². The topological polar surface area (TPSA) is 74.6 Å². The first kappa shape index (κ1) is 33.7. The molecular weight excluding hydrogens is 577 g/mol. The molecule has 1 unspecified atom stereocenters. The Balaban J connectivity index is 1.23. The van der Waals surface area contributed by atoms with E-state index in [1.165, 1.54) is 31.3 Å². The normalized spacial score (nSPS) is 40.4. The Labute approximate surface area is 274 Å².